The van der Waals surface area contributed by atoms with Crippen molar-refractivity contribution >= 4 is 41.6 Å². The van der Waals surface area contributed by atoms with Gasteiger partial charge in [0.2, 0.25) is 0 Å². The Bertz CT molecular complexity index is 539. The fourth-order valence-corrected chi connectivity index (χ4v) is 3.50. The van der Waals surface area contributed by atoms with Crippen LogP contribution in [0.1, 0.15) is 15.9 Å². The Balaban J connectivity index is 3.56. The van der Waals surface area contributed by atoms with Gasteiger partial charge in [-0.2, -0.15) is 0 Å². The number of esters is 1. The number of carbonyl (C=O) groups is 1. The highest BCUT2D eigenvalue weighted by Gasteiger charge is 2.21. The molecule has 0 amide bonds. The van der Waals surface area contributed by atoms with Crippen molar-refractivity contribution in [2.75, 3.05) is 7.11 Å². The van der Waals surface area contributed by atoms with E-state index in [0.29, 0.717) is 5.56 Å². The van der Waals surface area contributed by atoms with Gasteiger partial charge in [-0.1, -0.05) is 0 Å². The molecule has 0 radical (unpaired) electrons. The lowest BCUT2D eigenvalue weighted by Crippen LogP contribution is -2.06. The molecule has 7 heteroatoms. The van der Waals surface area contributed by atoms with Gasteiger partial charge in [-0.3, -0.25) is 0 Å². The average Bonchev–Trinajstić information content (AvgIpc) is 2.18. The van der Waals surface area contributed by atoms with E-state index in [-0.39, 0.29) is 14.9 Å². The van der Waals surface area contributed by atoms with Crippen LogP contribution in [0.2, 0.25) is 0 Å². The smallest absolute Gasteiger partial charge is 0.339 e. The largest absolute Gasteiger partial charge is 0.465 e. The molecular formula is C9H8BrClO4S. The summed E-state index contributed by atoms with van der Waals surface area (Å²) in [5.41, 5.74) is 0.726. The molecule has 0 heterocycles. The van der Waals surface area contributed by atoms with Gasteiger partial charge in [0.15, 0.2) is 0 Å². The van der Waals surface area contributed by atoms with Crippen LogP contribution in [0.5, 0.6) is 0 Å². The summed E-state index contributed by atoms with van der Waals surface area (Å²) in [4.78, 5) is 11.2. The minimum absolute atomic E-state index is 0.111. The van der Waals surface area contributed by atoms with E-state index >= 15 is 0 Å². The summed E-state index contributed by atoms with van der Waals surface area (Å²) in [6, 6.07) is 2.89. The number of ether oxygens (including phenoxy) is 1. The number of rotatable bonds is 2. The topological polar surface area (TPSA) is 60.4 Å². The maximum atomic E-state index is 11.4. The molecule has 0 bridgehead atoms. The molecule has 4 nitrogen and oxygen atoms in total. The predicted molar refractivity (Wildman–Crippen MR) is 63.3 cm³/mol. The Morgan fingerprint density at radius 3 is 2.44 bits per heavy atom. The van der Waals surface area contributed by atoms with Crippen molar-refractivity contribution in [3.8, 4) is 0 Å². The molecule has 1 aromatic carbocycles. The quantitative estimate of drug-likeness (QED) is 0.618. The second-order valence-electron chi connectivity index (χ2n) is 3.05. The third-order valence-electron chi connectivity index (χ3n) is 1.85. The molecule has 0 aromatic heterocycles. The summed E-state index contributed by atoms with van der Waals surface area (Å²) in [7, 11) is 2.56. The van der Waals surface area contributed by atoms with Gasteiger partial charge in [0.1, 0.15) is 0 Å². The van der Waals surface area contributed by atoms with Gasteiger partial charge < -0.3 is 4.74 Å². The zero-order valence-corrected chi connectivity index (χ0v) is 11.6. The van der Waals surface area contributed by atoms with Gasteiger partial charge in [-0.15, -0.1) is 0 Å². The van der Waals surface area contributed by atoms with Crippen LogP contribution in [0.4, 0.5) is 0 Å². The molecule has 0 aliphatic rings. The van der Waals surface area contributed by atoms with E-state index < -0.39 is 15.0 Å². The van der Waals surface area contributed by atoms with Gasteiger partial charge in [-0.05, 0) is 40.5 Å². The standard InChI is InChI=1S/C9H8BrClO4S/c1-5-3-6(9(12)15-2)8(10)7(4-5)16(11,13)14/h3-4H,1-2H3. The number of benzene rings is 1. The summed E-state index contributed by atoms with van der Waals surface area (Å²) in [5.74, 6) is -0.628. The minimum Gasteiger partial charge on any atom is -0.465 e. The van der Waals surface area contributed by atoms with Crippen molar-refractivity contribution in [2.45, 2.75) is 11.8 Å². The van der Waals surface area contributed by atoms with Gasteiger partial charge in [0.25, 0.3) is 9.05 Å². The highest BCUT2D eigenvalue weighted by atomic mass is 79.9. The average molecular weight is 328 g/mol. The Morgan fingerprint density at radius 2 is 2.00 bits per heavy atom. The van der Waals surface area contributed by atoms with Crippen LogP contribution in [0.15, 0.2) is 21.5 Å². The van der Waals surface area contributed by atoms with Crippen molar-refractivity contribution in [1.29, 1.82) is 0 Å². The third-order valence-corrected chi connectivity index (χ3v) is 4.31. The van der Waals surface area contributed by atoms with E-state index in [1.165, 1.54) is 19.2 Å². The molecule has 1 rings (SSSR count). The Labute approximate surface area is 106 Å². The molecule has 1 aromatic rings. The van der Waals surface area contributed by atoms with Gasteiger partial charge in [-0.25, -0.2) is 13.2 Å². The van der Waals surface area contributed by atoms with Crippen LogP contribution in [-0.4, -0.2) is 21.5 Å². The van der Waals surface area contributed by atoms with Gasteiger partial charge in [0, 0.05) is 10.7 Å². The lowest BCUT2D eigenvalue weighted by molar-refractivity contribution is 0.0599. The summed E-state index contributed by atoms with van der Waals surface area (Å²) in [6.07, 6.45) is 0. The molecule has 0 fully saturated rings. The maximum Gasteiger partial charge on any atom is 0.339 e. The summed E-state index contributed by atoms with van der Waals surface area (Å²) in [6.45, 7) is 1.66. The lowest BCUT2D eigenvalue weighted by atomic mass is 10.1. The molecule has 0 aliphatic carbocycles. The molecule has 0 saturated heterocycles. The van der Waals surface area contributed by atoms with Crippen LogP contribution in [-0.2, 0) is 13.8 Å². The first-order valence-corrected chi connectivity index (χ1v) is 7.20. The molecular weight excluding hydrogens is 320 g/mol. The summed E-state index contributed by atoms with van der Waals surface area (Å²) >= 11 is 3.03. The van der Waals surface area contributed by atoms with Crippen LogP contribution in [0.25, 0.3) is 0 Å². The monoisotopic (exact) mass is 326 g/mol. The Morgan fingerprint density at radius 1 is 1.44 bits per heavy atom. The zero-order chi connectivity index (χ0) is 12.5. The SMILES string of the molecule is COC(=O)c1cc(C)cc(S(=O)(=O)Cl)c1Br. The van der Waals surface area contributed by atoms with E-state index in [1.807, 2.05) is 0 Å². The first-order chi connectivity index (χ1) is 7.27. The van der Waals surface area contributed by atoms with E-state index in [2.05, 4.69) is 20.7 Å². The first kappa shape index (κ1) is 13.5. The second-order valence-corrected chi connectivity index (χ2v) is 6.38. The van der Waals surface area contributed by atoms with Crippen molar-refractivity contribution in [2.24, 2.45) is 0 Å². The van der Waals surface area contributed by atoms with Crippen molar-refractivity contribution in [3.05, 3.63) is 27.7 Å². The first-order valence-electron chi connectivity index (χ1n) is 4.10. The van der Waals surface area contributed by atoms with E-state index in [4.69, 9.17) is 10.7 Å². The zero-order valence-electron chi connectivity index (χ0n) is 8.45. The maximum absolute atomic E-state index is 11.4. The van der Waals surface area contributed by atoms with E-state index in [9.17, 15) is 13.2 Å². The molecule has 0 unspecified atom stereocenters. The van der Waals surface area contributed by atoms with Crippen LogP contribution < -0.4 is 0 Å². The second kappa shape index (κ2) is 4.73. The van der Waals surface area contributed by atoms with Crippen molar-refractivity contribution in [1.82, 2.24) is 0 Å². The molecule has 0 aliphatic heterocycles. The molecule has 0 atom stereocenters. The van der Waals surface area contributed by atoms with Crippen molar-refractivity contribution < 1.29 is 17.9 Å². The summed E-state index contributed by atoms with van der Waals surface area (Å²) < 4.78 is 27.1. The minimum atomic E-state index is -3.90. The van der Waals surface area contributed by atoms with Gasteiger partial charge in [0.05, 0.1) is 22.0 Å². The fourth-order valence-electron chi connectivity index (χ4n) is 1.17. The van der Waals surface area contributed by atoms with E-state index in [0.717, 1.165) is 0 Å². The number of hydrogen-bond acceptors (Lipinski definition) is 4. The molecule has 0 spiro atoms. The number of methoxy groups -OCH3 is 1. The summed E-state index contributed by atoms with van der Waals surface area (Å²) in [5, 5.41) is 0. The van der Waals surface area contributed by atoms with Crippen LogP contribution in [0, 0.1) is 6.92 Å². The molecule has 16 heavy (non-hydrogen) atoms. The number of halogens is 2. The highest BCUT2D eigenvalue weighted by Crippen LogP contribution is 2.30. The van der Waals surface area contributed by atoms with Gasteiger partial charge >= 0.3 is 5.97 Å². The van der Waals surface area contributed by atoms with Crippen molar-refractivity contribution in [3.63, 3.8) is 0 Å². The predicted octanol–water partition coefficient (Wildman–Crippen LogP) is 2.47. The van der Waals surface area contributed by atoms with E-state index in [1.54, 1.807) is 6.92 Å². The molecule has 0 N–H and O–H groups in total. The highest BCUT2D eigenvalue weighted by molar-refractivity contribution is 9.10. The number of carbonyl (C=O) groups excluding carboxylic acids is 1. The molecule has 88 valence electrons. The lowest BCUT2D eigenvalue weighted by Gasteiger charge is -2.07. The fraction of sp³-hybridized carbons (Fsp3) is 0.222. The number of hydrogen-bond donors (Lipinski definition) is 0. The Hall–Kier alpha value is -0.590. The third kappa shape index (κ3) is 2.75. The Kier molecular flexibility index (Phi) is 3.98. The number of aryl methyl sites for hydroxylation is 1. The van der Waals surface area contributed by atoms with Crippen LogP contribution >= 0.6 is 26.6 Å². The normalized spacial score (nSPS) is 11.2. The molecule has 0 saturated carbocycles. The van der Waals surface area contributed by atoms with Crippen LogP contribution in [0.3, 0.4) is 0 Å².